The third-order valence-electron chi connectivity index (χ3n) is 10.9. The van der Waals surface area contributed by atoms with Gasteiger partial charge in [0.25, 0.3) is 0 Å². The molecular weight excluding hydrogens is 687 g/mol. The second-order valence-corrected chi connectivity index (χ2v) is 15.2. The molecule has 0 aliphatic carbocycles. The summed E-state index contributed by atoms with van der Waals surface area (Å²) in [5, 5.41) is 7.41. The van der Waals surface area contributed by atoms with Gasteiger partial charge in [-0.15, -0.1) is 11.3 Å². The number of hydrogen-bond acceptors (Lipinski definition) is 3. The summed E-state index contributed by atoms with van der Waals surface area (Å²) in [4.78, 5) is 2.36. The molecule has 3 heteroatoms. The van der Waals surface area contributed by atoms with E-state index in [0.717, 1.165) is 44.6 Å². The fourth-order valence-corrected chi connectivity index (χ4v) is 9.30. The molecule has 0 bridgehead atoms. The molecule has 2 heterocycles. The molecule has 0 N–H and O–H groups in total. The van der Waals surface area contributed by atoms with Crippen molar-refractivity contribution < 1.29 is 4.42 Å². The minimum absolute atomic E-state index is 0.904. The van der Waals surface area contributed by atoms with Crippen LogP contribution in [0.2, 0.25) is 0 Å². The molecule has 0 amide bonds. The van der Waals surface area contributed by atoms with E-state index >= 15 is 0 Å². The van der Waals surface area contributed by atoms with Crippen molar-refractivity contribution >= 4 is 81.3 Å². The van der Waals surface area contributed by atoms with Gasteiger partial charge in [0.05, 0.1) is 0 Å². The number of rotatable bonds is 6. The van der Waals surface area contributed by atoms with Crippen molar-refractivity contribution in [3.63, 3.8) is 0 Å². The Morgan fingerprint density at radius 2 is 0.964 bits per heavy atom. The van der Waals surface area contributed by atoms with E-state index in [4.69, 9.17) is 4.42 Å². The summed E-state index contributed by atoms with van der Waals surface area (Å²) in [5.41, 5.74) is 12.2. The van der Waals surface area contributed by atoms with Gasteiger partial charge in [0.2, 0.25) is 0 Å². The van der Waals surface area contributed by atoms with E-state index in [0.29, 0.717) is 0 Å². The fraction of sp³-hybridized carbons (Fsp3) is 0. The maximum Gasteiger partial charge on any atom is 0.136 e. The van der Waals surface area contributed by atoms with Crippen LogP contribution in [0.25, 0.3) is 86.3 Å². The zero-order chi connectivity index (χ0) is 36.3. The van der Waals surface area contributed by atoms with E-state index in [1.807, 2.05) is 23.5 Å². The number of para-hydroxylation sites is 1. The SMILES string of the molecule is c1cc(-c2ccc3c(c2)sc2ccccc23)cc(N(c2ccc(-c3ccc4ccccc4c3)cc2)c2ccc(-c3cccc4oc5ccccc5c34)cc2)c1. The van der Waals surface area contributed by atoms with E-state index in [1.165, 1.54) is 58.8 Å². The Balaban J connectivity index is 1.01. The molecule has 258 valence electrons. The third-order valence-corrected chi connectivity index (χ3v) is 12.0. The van der Waals surface area contributed by atoms with Crippen molar-refractivity contribution in [2.45, 2.75) is 0 Å². The standard InChI is InChI=1S/C52H33NOS/c1-2-10-37-31-39(20-19-34(37)9-1)35-21-26-41(27-22-35)53(42-28-23-36(24-29-42)44-15-8-17-49-52(44)47-14-3-5-16-48(47)54-49)43-12-7-11-38(32-43)40-25-30-46-45-13-4-6-18-50(45)55-51(46)33-40/h1-33H. The first kappa shape index (κ1) is 31.6. The van der Waals surface area contributed by atoms with Crippen LogP contribution in [0.1, 0.15) is 0 Å². The molecule has 0 spiro atoms. The summed E-state index contributed by atoms with van der Waals surface area (Å²) in [6, 6.07) is 72.3. The highest BCUT2D eigenvalue weighted by atomic mass is 32.1. The first-order chi connectivity index (χ1) is 27.2. The van der Waals surface area contributed by atoms with Crippen LogP contribution >= 0.6 is 11.3 Å². The number of anilines is 3. The molecule has 0 fully saturated rings. The highest BCUT2D eigenvalue weighted by Crippen LogP contribution is 2.42. The first-order valence-corrected chi connectivity index (χ1v) is 19.5. The van der Waals surface area contributed by atoms with Gasteiger partial charge >= 0.3 is 0 Å². The normalized spacial score (nSPS) is 11.6. The third kappa shape index (κ3) is 5.48. The fourth-order valence-electron chi connectivity index (χ4n) is 8.15. The molecule has 0 saturated carbocycles. The van der Waals surface area contributed by atoms with Gasteiger partial charge in [-0.05, 0) is 111 Å². The lowest BCUT2D eigenvalue weighted by Gasteiger charge is -2.26. The van der Waals surface area contributed by atoms with E-state index < -0.39 is 0 Å². The predicted octanol–water partition coefficient (Wildman–Crippen LogP) is 15.6. The van der Waals surface area contributed by atoms with Gasteiger partial charge in [0, 0.05) is 48.0 Å². The van der Waals surface area contributed by atoms with Crippen LogP contribution in [0, 0.1) is 0 Å². The van der Waals surface area contributed by atoms with Gasteiger partial charge in [-0.1, -0.05) is 133 Å². The average Bonchev–Trinajstić information content (AvgIpc) is 3.82. The maximum atomic E-state index is 6.23. The van der Waals surface area contributed by atoms with Crippen molar-refractivity contribution in [3.8, 4) is 33.4 Å². The minimum atomic E-state index is 0.904. The van der Waals surface area contributed by atoms with Gasteiger partial charge in [-0.2, -0.15) is 0 Å². The predicted molar refractivity (Wildman–Crippen MR) is 235 cm³/mol. The second kappa shape index (κ2) is 12.9. The van der Waals surface area contributed by atoms with Crippen LogP contribution in [-0.4, -0.2) is 0 Å². The Kier molecular flexibility index (Phi) is 7.39. The summed E-state index contributed by atoms with van der Waals surface area (Å²) in [6.07, 6.45) is 0. The molecule has 11 aromatic rings. The Morgan fingerprint density at radius 1 is 0.345 bits per heavy atom. The molecule has 0 aliphatic heterocycles. The molecule has 0 unspecified atom stereocenters. The van der Waals surface area contributed by atoms with Crippen molar-refractivity contribution in [2.24, 2.45) is 0 Å². The lowest BCUT2D eigenvalue weighted by Crippen LogP contribution is -2.10. The molecule has 55 heavy (non-hydrogen) atoms. The van der Waals surface area contributed by atoms with Gasteiger partial charge in [0.15, 0.2) is 0 Å². The Bertz CT molecular complexity index is 3210. The van der Waals surface area contributed by atoms with Gasteiger partial charge in [0.1, 0.15) is 11.2 Å². The molecule has 0 atom stereocenters. The summed E-state index contributed by atoms with van der Waals surface area (Å²) in [6.45, 7) is 0. The van der Waals surface area contributed by atoms with E-state index in [2.05, 4.69) is 193 Å². The van der Waals surface area contributed by atoms with Crippen LogP contribution < -0.4 is 4.90 Å². The monoisotopic (exact) mass is 719 g/mol. The van der Waals surface area contributed by atoms with Gasteiger partial charge in [-0.3, -0.25) is 0 Å². The zero-order valence-electron chi connectivity index (χ0n) is 29.8. The second-order valence-electron chi connectivity index (χ2n) is 14.1. The Morgan fingerprint density at radius 3 is 1.82 bits per heavy atom. The first-order valence-electron chi connectivity index (χ1n) is 18.7. The lowest BCUT2D eigenvalue weighted by molar-refractivity contribution is 0.669. The molecule has 0 saturated heterocycles. The molecule has 2 aromatic heterocycles. The minimum Gasteiger partial charge on any atom is -0.456 e. The zero-order valence-corrected chi connectivity index (χ0v) is 30.6. The molecule has 9 aromatic carbocycles. The Hall–Kier alpha value is -6.94. The molecular formula is C52H33NOS. The van der Waals surface area contributed by atoms with E-state index in [9.17, 15) is 0 Å². The Labute approximate surface area is 322 Å². The topological polar surface area (TPSA) is 16.4 Å². The smallest absolute Gasteiger partial charge is 0.136 e. The number of benzene rings is 9. The quantitative estimate of drug-likeness (QED) is 0.170. The van der Waals surface area contributed by atoms with Gasteiger partial charge in [-0.25, -0.2) is 0 Å². The van der Waals surface area contributed by atoms with Crippen LogP contribution in [-0.2, 0) is 0 Å². The highest BCUT2D eigenvalue weighted by Gasteiger charge is 2.17. The van der Waals surface area contributed by atoms with Crippen LogP contribution in [0.3, 0.4) is 0 Å². The maximum absolute atomic E-state index is 6.23. The van der Waals surface area contributed by atoms with E-state index in [1.54, 1.807) is 0 Å². The summed E-state index contributed by atoms with van der Waals surface area (Å²) < 4.78 is 8.86. The van der Waals surface area contributed by atoms with Gasteiger partial charge < -0.3 is 9.32 Å². The number of thiophene rings is 1. The van der Waals surface area contributed by atoms with Crippen LogP contribution in [0.4, 0.5) is 17.1 Å². The average molecular weight is 720 g/mol. The number of nitrogens with zero attached hydrogens (tertiary/aromatic N) is 1. The molecule has 2 nitrogen and oxygen atoms in total. The number of furan rings is 1. The molecule has 0 aliphatic rings. The summed E-state index contributed by atoms with van der Waals surface area (Å²) in [5.74, 6) is 0. The van der Waals surface area contributed by atoms with Crippen LogP contribution in [0.15, 0.2) is 205 Å². The summed E-state index contributed by atoms with van der Waals surface area (Å²) >= 11 is 1.86. The largest absolute Gasteiger partial charge is 0.456 e. The number of hydrogen-bond donors (Lipinski definition) is 0. The van der Waals surface area contributed by atoms with Crippen molar-refractivity contribution in [3.05, 3.63) is 200 Å². The highest BCUT2D eigenvalue weighted by molar-refractivity contribution is 7.25. The molecule has 0 radical (unpaired) electrons. The summed E-state index contributed by atoms with van der Waals surface area (Å²) in [7, 11) is 0. The van der Waals surface area contributed by atoms with Crippen molar-refractivity contribution in [1.29, 1.82) is 0 Å². The van der Waals surface area contributed by atoms with Crippen molar-refractivity contribution in [2.75, 3.05) is 4.90 Å². The van der Waals surface area contributed by atoms with Crippen molar-refractivity contribution in [1.82, 2.24) is 0 Å². The lowest BCUT2D eigenvalue weighted by atomic mass is 9.98. The van der Waals surface area contributed by atoms with E-state index in [-0.39, 0.29) is 0 Å². The number of fused-ring (bicyclic) bond motifs is 7. The molecule has 11 rings (SSSR count). The van der Waals surface area contributed by atoms with Crippen LogP contribution in [0.5, 0.6) is 0 Å².